The second-order valence-electron chi connectivity index (χ2n) is 2.81. The number of ether oxygens (including phenoxy) is 1. The van der Waals surface area contributed by atoms with E-state index in [1.54, 1.807) is 6.08 Å². The predicted molar refractivity (Wildman–Crippen MR) is 77.3 cm³/mol. The SMILES string of the molecule is CCCCNC(=O)OC=CCI.NC(=O)CCl. The Balaban J connectivity index is 0. The van der Waals surface area contributed by atoms with Crippen LogP contribution in [0.2, 0.25) is 0 Å². The molecule has 0 saturated carbocycles. The number of hydrogen-bond acceptors (Lipinski definition) is 3. The lowest BCUT2D eigenvalue weighted by Gasteiger charge is -2.00. The van der Waals surface area contributed by atoms with E-state index in [0.29, 0.717) is 6.54 Å². The van der Waals surface area contributed by atoms with Gasteiger partial charge in [-0.1, -0.05) is 35.9 Å². The first kappa shape index (κ1) is 18.9. The van der Waals surface area contributed by atoms with E-state index >= 15 is 0 Å². The van der Waals surface area contributed by atoms with E-state index in [9.17, 15) is 9.59 Å². The fourth-order valence-corrected chi connectivity index (χ4v) is 0.763. The van der Waals surface area contributed by atoms with E-state index < -0.39 is 5.91 Å². The number of alkyl carbamates (subject to hydrolysis) is 1. The molecule has 0 fully saturated rings. The average Bonchev–Trinajstić information content (AvgIpc) is 2.30. The molecule has 0 spiro atoms. The van der Waals surface area contributed by atoms with E-state index in [4.69, 9.17) is 16.3 Å². The maximum Gasteiger partial charge on any atom is 0.411 e. The van der Waals surface area contributed by atoms with Crippen LogP contribution in [0, 0.1) is 0 Å². The van der Waals surface area contributed by atoms with Gasteiger partial charge in [0.1, 0.15) is 5.88 Å². The summed E-state index contributed by atoms with van der Waals surface area (Å²) in [6.45, 7) is 2.76. The third-order valence-corrected chi connectivity index (χ3v) is 2.06. The van der Waals surface area contributed by atoms with Crippen LogP contribution in [0.25, 0.3) is 0 Å². The maximum atomic E-state index is 10.8. The monoisotopic (exact) mass is 376 g/mol. The third-order valence-electron chi connectivity index (χ3n) is 1.29. The highest BCUT2D eigenvalue weighted by atomic mass is 127. The van der Waals surface area contributed by atoms with Gasteiger partial charge in [0.05, 0.1) is 6.26 Å². The molecule has 0 radical (unpaired) electrons. The molecule has 0 aromatic heterocycles. The zero-order valence-corrected chi connectivity index (χ0v) is 12.7. The van der Waals surface area contributed by atoms with Gasteiger partial charge >= 0.3 is 6.09 Å². The topological polar surface area (TPSA) is 81.4 Å². The van der Waals surface area contributed by atoms with Gasteiger partial charge in [-0.25, -0.2) is 4.79 Å². The van der Waals surface area contributed by atoms with Crippen LogP contribution in [-0.2, 0) is 9.53 Å². The Bertz CT molecular complexity index is 238. The normalized spacial score (nSPS) is 9.35. The van der Waals surface area contributed by atoms with Crippen LogP contribution < -0.4 is 11.1 Å². The van der Waals surface area contributed by atoms with E-state index in [1.807, 2.05) is 0 Å². The zero-order valence-electron chi connectivity index (χ0n) is 9.75. The van der Waals surface area contributed by atoms with Crippen molar-refractivity contribution in [3.05, 3.63) is 12.3 Å². The largest absolute Gasteiger partial charge is 0.419 e. The molecule has 100 valence electrons. The van der Waals surface area contributed by atoms with Gasteiger partial charge in [0.15, 0.2) is 0 Å². The van der Waals surface area contributed by atoms with Gasteiger partial charge in [-0.05, 0) is 12.5 Å². The molecule has 0 bridgehead atoms. The zero-order chi connectivity index (χ0) is 13.5. The number of unbranched alkanes of at least 4 members (excludes halogenated alkanes) is 1. The Labute approximate surface area is 120 Å². The lowest BCUT2D eigenvalue weighted by atomic mass is 10.3. The first-order chi connectivity index (χ1) is 8.08. The number of nitrogens with two attached hydrogens (primary N) is 1. The smallest absolute Gasteiger partial charge is 0.411 e. The van der Waals surface area contributed by atoms with Crippen LogP contribution in [0.3, 0.4) is 0 Å². The summed E-state index contributed by atoms with van der Waals surface area (Å²) in [5.41, 5.74) is 4.52. The standard InChI is InChI=1S/C8H14INO2.C2H4ClNO/c1-2-3-6-10-8(11)12-7-4-5-9;3-1-2(4)5/h4,7H,2-3,5-6H2,1H3,(H,10,11);1H2,(H2,4,5). The molecule has 0 aromatic rings. The summed E-state index contributed by atoms with van der Waals surface area (Å²) < 4.78 is 5.54. The van der Waals surface area contributed by atoms with E-state index in [-0.39, 0.29) is 12.0 Å². The van der Waals surface area contributed by atoms with Crippen molar-refractivity contribution in [2.45, 2.75) is 19.8 Å². The van der Waals surface area contributed by atoms with Crippen LogP contribution in [0.1, 0.15) is 19.8 Å². The molecule has 0 unspecified atom stereocenters. The molecule has 0 heterocycles. The molecule has 2 amide bonds. The molecule has 0 aliphatic heterocycles. The Morgan fingerprint density at radius 3 is 2.53 bits per heavy atom. The minimum absolute atomic E-state index is 0.0833. The molecular formula is C10H18ClIN2O3. The highest BCUT2D eigenvalue weighted by Crippen LogP contribution is 1.87. The van der Waals surface area contributed by atoms with Gasteiger partial charge in [-0.2, -0.15) is 0 Å². The number of alkyl halides is 2. The van der Waals surface area contributed by atoms with Crippen molar-refractivity contribution in [3.8, 4) is 0 Å². The van der Waals surface area contributed by atoms with Gasteiger partial charge in [0.2, 0.25) is 5.91 Å². The van der Waals surface area contributed by atoms with Crippen LogP contribution >= 0.6 is 34.2 Å². The molecular weight excluding hydrogens is 358 g/mol. The summed E-state index contributed by atoms with van der Waals surface area (Å²) in [6, 6.07) is 0. The first-order valence-electron chi connectivity index (χ1n) is 5.08. The number of amides is 2. The summed E-state index contributed by atoms with van der Waals surface area (Å²) in [7, 11) is 0. The van der Waals surface area contributed by atoms with Crippen molar-refractivity contribution in [2.75, 3.05) is 16.9 Å². The number of allylic oxidation sites excluding steroid dienone is 1. The lowest BCUT2D eigenvalue weighted by Crippen LogP contribution is -2.23. The van der Waals surface area contributed by atoms with Gasteiger partial charge in [-0.3, -0.25) is 4.79 Å². The molecule has 0 aromatic carbocycles. The van der Waals surface area contributed by atoms with Crippen LogP contribution in [-0.4, -0.2) is 28.9 Å². The molecule has 5 nitrogen and oxygen atoms in total. The Kier molecular flexibility index (Phi) is 17.2. The van der Waals surface area contributed by atoms with E-state index in [0.717, 1.165) is 17.3 Å². The van der Waals surface area contributed by atoms with Crippen molar-refractivity contribution < 1.29 is 14.3 Å². The number of nitrogens with one attached hydrogen (secondary N) is 1. The third kappa shape index (κ3) is 21.4. The van der Waals surface area contributed by atoms with E-state index in [2.05, 4.69) is 40.6 Å². The Hall–Kier alpha value is -0.500. The van der Waals surface area contributed by atoms with Gasteiger partial charge in [0.25, 0.3) is 0 Å². The highest BCUT2D eigenvalue weighted by Gasteiger charge is 1.95. The summed E-state index contributed by atoms with van der Waals surface area (Å²) >= 11 is 7.03. The number of halogens is 2. The lowest BCUT2D eigenvalue weighted by molar-refractivity contribution is -0.115. The Morgan fingerprint density at radius 2 is 2.12 bits per heavy atom. The van der Waals surface area contributed by atoms with Crippen molar-refractivity contribution in [1.29, 1.82) is 0 Å². The first-order valence-corrected chi connectivity index (χ1v) is 7.14. The van der Waals surface area contributed by atoms with Crippen LogP contribution in [0.4, 0.5) is 4.79 Å². The summed E-state index contributed by atoms with van der Waals surface area (Å²) in [5, 5.41) is 2.63. The molecule has 0 atom stereocenters. The molecule has 0 saturated heterocycles. The van der Waals surface area contributed by atoms with Crippen LogP contribution in [0.15, 0.2) is 12.3 Å². The Morgan fingerprint density at radius 1 is 1.53 bits per heavy atom. The summed E-state index contributed by atoms with van der Waals surface area (Å²) in [4.78, 5) is 20.3. The van der Waals surface area contributed by atoms with Crippen molar-refractivity contribution in [3.63, 3.8) is 0 Å². The number of carbonyl (C=O) groups excluding carboxylic acids is 2. The molecule has 3 N–H and O–H groups in total. The van der Waals surface area contributed by atoms with Crippen molar-refractivity contribution in [2.24, 2.45) is 5.73 Å². The van der Waals surface area contributed by atoms with Crippen LogP contribution in [0.5, 0.6) is 0 Å². The second kappa shape index (κ2) is 15.5. The fourth-order valence-electron chi connectivity index (χ4n) is 0.555. The van der Waals surface area contributed by atoms with Gasteiger partial charge in [0, 0.05) is 11.0 Å². The molecule has 0 rings (SSSR count). The molecule has 0 aliphatic carbocycles. The number of hydrogen-bond donors (Lipinski definition) is 2. The molecule has 17 heavy (non-hydrogen) atoms. The van der Waals surface area contributed by atoms with Gasteiger partial charge in [-0.15, -0.1) is 11.6 Å². The van der Waals surface area contributed by atoms with Gasteiger partial charge < -0.3 is 15.8 Å². The fraction of sp³-hybridized carbons (Fsp3) is 0.600. The second-order valence-corrected chi connectivity index (χ2v) is 3.96. The van der Waals surface area contributed by atoms with Crippen molar-refractivity contribution in [1.82, 2.24) is 5.32 Å². The quantitative estimate of drug-likeness (QED) is 0.323. The number of rotatable bonds is 6. The predicted octanol–water partition coefficient (Wildman–Crippen LogP) is 2.17. The minimum Gasteiger partial charge on any atom is -0.419 e. The minimum atomic E-state index is -0.480. The average molecular weight is 377 g/mol. The number of primary amides is 1. The maximum absolute atomic E-state index is 10.8. The molecule has 7 heteroatoms. The molecule has 0 aliphatic rings. The van der Waals surface area contributed by atoms with Crippen molar-refractivity contribution >= 4 is 46.2 Å². The van der Waals surface area contributed by atoms with E-state index in [1.165, 1.54) is 6.26 Å². The summed E-state index contributed by atoms with van der Waals surface area (Å²) in [5.74, 6) is -0.563. The summed E-state index contributed by atoms with van der Waals surface area (Å²) in [6.07, 6.45) is 4.88. The highest BCUT2D eigenvalue weighted by molar-refractivity contribution is 14.1. The number of carbonyl (C=O) groups is 2.